The number of amides is 1. The van der Waals surface area contributed by atoms with Gasteiger partial charge in [-0.05, 0) is 18.2 Å². The minimum atomic E-state index is -0.615. The summed E-state index contributed by atoms with van der Waals surface area (Å²) in [6.45, 7) is 0.466. The van der Waals surface area contributed by atoms with E-state index in [1.807, 2.05) is 0 Å². The van der Waals surface area contributed by atoms with Crippen molar-refractivity contribution in [3.05, 3.63) is 35.1 Å². The molecule has 1 fully saturated rings. The molecule has 1 aromatic carbocycles. The van der Waals surface area contributed by atoms with Crippen LogP contribution in [-0.2, 0) is 4.74 Å². The van der Waals surface area contributed by atoms with Crippen molar-refractivity contribution in [2.24, 2.45) is 0 Å². The third kappa shape index (κ3) is 3.58. The Hall–Kier alpha value is -1.94. The first-order valence-corrected chi connectivity index (χ1v) is 6.56. The monoisotopic (exact) mass is 293 g/mol. The van der Waals surface area contributed by atoms with Gasteiger partial charge < -0.3 is 19.8 Å². The van der Waals surface area contributed by atoms with Gasteiger partial charge in [0.25, 0.3) is 5.91 Å². The number of carbonyl (C=O) groups is 1. The summed E-state index contributed by atoms with van der Waals surface area (Å²) < 4.78 is 19.1. The van der Waals surface area contributed by atoms with Crippen molar-refractivity contribution in [2.45, 2.75) is 6.04 Å². The quantitative estimate of drug-likeness (QED) is 0.753. The SMILES string of the molecule is O=C(c1ccc(C#CCO)c(F)c1)N1CCOCC1CO. The fourth-order valence-corrected chi connectivity index (χ4v) is 2.12. The number of ether oxygens (including phenoxy) is 1. The second kappa shape index (κ2) is 7.18. The first kappa shape index (κ1) is 15.4. The number of hydrogen-bond donors (Lipinski definition) is 2. The first-order chi connectivity index (χ1) is 10.2. The smallest absolute Gasteiger partial charge is 0.254 e. The molecule has 5 nitrogen and oxygen atoms in total. The van der Waals surface area contributed by atoms with Crippen LogP contribution in [0.15, 0.2) is 18.2 Å². The molecular formula is C15H16FNO4. The van der Waals surface area contributed by atoms with Gasteiger partial charge in [-0.25, -0.2) is 4.39 Å². The van der Waals surface area contributed by atoms with Gasteiger partial charge >= 0.3 is 0 Å². The van der Waals surface area contributed by atoms with Gasteiger partial charge in [-0.2, -0.15) is 0 Å². The minimum absolute atomic E-state index is 0.126. The third-order valence-corrected chi connectivity index (χ3v) is 3.22. The summed E-state index contributed by atoms with van der Waals surface area (Å²) in [7, 11) is 0. The molecular weight excluding hydrogens is 277 g/mol. The zero-order chi connectivity index (χ0) is 15.2. The number of halogens is 1. The number of nitrogens with zero attached hydrogens (tertiary/aromatic N) is 1. The van der Waals surface area contributed by atoms with Crippen LogP contribution in [0.3, 0.4) is 0 Å². The number of carbonyl (C=O) groups excluding carboxylic acids is 1. The van der Waals surface area contributed by atoms with Crippen molar-refractivity contribution in [2.75, 3.05) is 33.0 Å². The van der Waals surface area contributed by atoms with E-state index in [0.29, 0.717) is 13.2 Å². The summed E-state index contributed by atoms with van der Waals surface area (Å²) in [4.78, 5) is 13.8. The van der Waals surface area contributed by atoms with Gasteiger partial charge in [0.1, 0.15) is 12.4 Å². The maximum Gasteiger partial charge on any atom is 0.254 e. The lowest BCUT2D eigenvalue weighted by molar-refractivity contribution is -0.0184. The molecule has 6 heteroatoms. The Morgan fingerprint density at radius 1 is 1.48 bits per heavy atom. The van der Waals surface area contributed by atoms with E-state index in [1.165, 1.54) is 17.0 Å². The predicted octanol–water partition coefficient (Wildman–Crippen LogP) is 0.00280. The van der Waals surface area contributed by atoms with Gasteiger partial charge in [-0.3, -0.25) is 4.79 Å². The second-order valence-corrected chi connectivity index (χ2v) is 4.56. The van der Waals surface area contributed by atoms with E-state index >= 15 is 0 Å². The van der Waals surface area contributed by atoms with Gasteiger partial charge in [-0.1, -0.05) is 11.8 Å². The van der Waals surface area contributed by atoms with Gasteiger partial charge in [0.05, 0.1) is 31.4 Å². The zero-order valence-electron chi connectivity index (χ0n) is 11.4. The zero-order valence-corrected chi connectivity index (χ0v) is 11.4. The van der Waals surface area contributed by atoms with Crippen LogP contribution in [0.5, 0.6) is 0 Å². The fourth-order valence-electron chi connectivity index (χ4n) is 2.12. The van der Waals surface area contributed by atoms with Crippen molar-refractivity contribution in [1.82, 2.24) is 4.90 Å². The standard InChI is InChI=1S/C15H16FNO4/c16-14-8-12(4-3-11(14)2-1-6-18)15(20)17-5-7-21-10-13(17)9-19/h3-4,8,13,18-19H,5-7,9-10H2. The van der Waals surface area contributed by atoms with Gasteiger partial charge in [0.15, 0.2) is 0 Å². The van der Waals surface area contributed by atoms with Gasteiger partial charge in [0.2, 0.25) is 0 Å². The van der Waals surface area contributed by atoms with E-state index in [-0.39, 0.29) is 36.9 Å². The molecule has 1 aliphatic heterocycles. The third-order valence-electron chi connectivity index (χ3n) is 3.22. The number of morpholine rings is 1. The summed E-state index contributed by atoms with van der Waals surface area (Å²) >= 11 is 0. The topological polar surface area (TPSA) is 70.0 Å². The summed E-state index contributed by atoms with van der Waals surface area (Å²) in [5.41, 5.74) is 0.323. The average molecular weight is 293 g/mol. The van der Waals surface area contributed by atoms with E-state index in [4.69, 9.17) is 9.84 Å². The molecule has 1 unspecified atom stereocenters. The highest BCUT2D eigenvalue weighted by atomic mass is 19.1. The largest absolute Gasteiger partial charge is 0.394 e. The normalized spacial score (nSPS) is 18.0. The highest BCUT2D eigenvalue weighted by Crippen LogP contribution is 2.15. The molecule has 2 N–H and O–H groups in total. The molecule has 0 aromatic heterocycles. The summed E-state index contributed by atoms with van der Waals surface area (Å²) in [6.07, 6.45) is 0. The molecule has 1 saturated heterocycles. The van der Waals surface area contributed by atoms with E-state index in [2.05, 4.69) is 11.8 Å². The van der Waals surface area contributed by atoms with Crippen LogP contribution in [0.1, 0.15) is 15.9 Å². The van der Waals surface area contributed by atoms with Crippen LogP contribution in [0, 0.1) is 17.7 Å². The molecule has 2 rings (SSSR count). The maximum atomic E-state index is 13.9. The summed E-state index contributed by atoms with van der Waals surface area (Å²) in [6, 6.07) is 3.59. The second-order valence-electron chi connectivity index (χ2n) is 4.56. The lowest BCUT2D eigenvalue weighted by atomic mass is 10.1. The molecule has 1 amide bonds. The summed E-state index contributed by atoms with van der Waals surface area (Å²) in [5.74, 6) is 3.86. The molecule has 0 radical (unpaired) electrons. The molecule has 0 spiro atoms. The van der Waals surface area contributed by atoms with E-state index in [1.54, 1.807) is 0 Å². The fraction of sp³-hybridized carbons (Fsp3) is 0.400. The predicted molar refractivity (Wildman–Crippen MR) is 73.1 cm³/mol. The Morgan fingerprint density at radius 3 is 2.95 bits per heavy atom. The lowest BCUT2D eigenvalue weighted by Crippen LogP contribution is -2.50. The number of benzene rings is 1. The van der Waals surface area contributed by atoms with E-state index < -0.39 is 11.9 Å². The van der Waals surface area contributed by atoms with Crippen LogP contribution in [-0.4, -0.2) is 60.0 Å². The first-order valence-electron chi connectivity index (χ1n) is 6.56. The molecule has 1 aromatic rings. The number of rotatable bonds is 2. The number of aliphatic hydroxyl groups is 2. The Morgan fingerprint density at radius 2 is 2.29 bits per heavy atom. The minimum Gasteiger partial charge on any atom is -0.394 e. The van der Waals surface area contributed by atoms with Crippen molar-refractivity contribution >= 4 is 5.91 Å². The molecule has 1 aliphatic rings. The number of hydrogen-bond acceptors (Lipinski definition) is 4. The Balaban J connectivity index is 2.21. The van der Waals surface area contributed by atoms with Crippen molar-refractivity contribution in [3.63, 3.8) is 0 Å². The summed E-state index contributed by atoms with van der Waals surface area (Å²) in [5, 5.41) is 17.9. The van der Waals surface area contributed by atoms with Crippen LogP contribution in [0.25, 0.3) is 0 Å². The lowest BCUT2D eigenvalue weighted by Gasteiger charge is -2.34. The van der Waals surface area contributed by atoms with Gasteiger partial charge in [-0.15, -0.1) is 0 Å². The molecule has 21 heavy (non-hydrogen) atoms. The average Bonchev–Trinajstić information content (AvgIpc) is 2.53. The molecule has 0 saturated carbocycles. The van der Waals surface area contributed by atoms with Gasteiger partial charge in [0, 0.05) is 12.1 Å². The highest BCUT2D eigenvalue weighted by Gasteiger charge is 2.27. The maximum absolute atomic E-state index is 13.9. The van der Waals surface area contributed by atoms with Crippen LogP contribution in [0.2, 0.25) is 0 Å². The molecule has 112 valence electrons. The Labute approximate surface area is 121 Å². The molecule has 0 aliphatic carbocycles. The number of aliphatic hydroxyl groups excluding tert-OH is 2. The van der Waals surface area contributed by atoms with Crippen molar-refractivity contribution in [1.29, 1.82) is 0 Å². The van der Waals surface area contributed by atoms with Crippen LogP contribution >= 0.6 is 0 Å². The molecule has 1 heterocycles. The van der Waals surface area contributed by atoms with E-state index in [9.17, 15) is 14.3 Å². The Bertz CT molecular complexity index is 579. The van der Waals surface area contributed by atoms with E-state index in [0.717, 1.165) is 6.07 Å². The Kier molecular flexibility index (Phi) is 5.28. The highest BCUT2D eigenvalue weighted by molar-refractivity contribution is 5.94. The van der Waals surface area contributed by atoms with Crippen LogP contribution < -0.4 is 0 Å². The van der Waals surface area contributed by atoms with Crippen molar-refractivity contribution in [3.8, 4) is 11.8 Å². The van der Waals surface area contributed by atoms with Crippen molar-refractivity contribution < 1.29 is 24.1 Å². The van der Waals surface area contributed by atoms with Crippen LogP contribution in [0.4, 0.5) is 4.39 Å². The molecule has 0 bridgehead atoms. The molecule has 1 atom stereocenters.